The van der Waals surface area contributed by atoms with Gasteiger partial charge in [0.15, 0.2) is 0 Å². The maximum absolute atomic E-state index is 10.9. The van der Waals surface area contributed by atoms with Gasteiger partial charge in [0.25, 0.3) is 0 Å². The quantitative estimate of drug-likeness (QED) is 0.305. The zero-order valence-corrected chi connectivity index (χ0v) is 12.0. The van der Waals surface area contributed by atoms with Crippen molar-refractivity contribution in [2.45, 2.75) is 44.9 Å². The van der Waals surface area contributed by atoms with E-state index >= 15 is 0 Å². The minimum Gasteiger partial charge on any atom is -0.469 e. The van der Waals surface area contributed by atoms with Gasteiger partial charge < -0.3 is 4.74 Å². The normalized spacial score (nSPS) is 11.6. The van der Waals surface area contributed by atoms with Crippen LogP contribution in [0, 0.1) is 0 Å². The molecular weight excluding hydrogens is 236 g/mol. The zero-order chi connectivity index (χ0) is 14.2. The number of hydrogen-bond acceptors (Lipinski definition) is 2. The van der Waals surface area contributed by atoms with Crippen molar-refractivity contribution < 1.29 is 9.53 Å². The summed E-state index contributed by atoms with van der Waals surface area (Å²) in [7, 11) is 1.43. The fraction of sp³-hybridized carbons (Fsp3) is 0.471. The molecule has 0 aromatic carbocycles. The molecule has 19 heavy (non-hydrogen) atoms. The van der Waals surface area contributed by atoms with Gasteiger partial charge in [-0.3, -0.25) is 4.79 Å². The Bertz CT molecular complexity index is 311. The van der Waals surface area contributed by atoms with Gasteiger partial charge in [-0.25, -0.2) is 0 Å². The predicted molar refractivity (Wildman–Crippen MR) is 82.0 cm³/mol. The number of ether oxygens (including phenoxy) is 1. The van der Waals surface area contributed by atoms with E-state index < -0.39 is 0 Å². The number of allylic oxidation sites excluding steroid dienone is 7. The first-order valence-corrected chi connectivity index (χ1v) is 6.94. The van der Waals surface area contributed by atoms with Crippen molar-refractivity contribution in [1.29, 1.82) is 0 Å². The molecule has 0 rings (SSSR count). The summed E-state index contributed by atoms with van der Waals surface area (Å²) >= 11 is 0. The van der Waals surface area contributed by atoms with E-state index in [0.717, 1.165) is 38.5 Å². The molecule has 0 aliphatic rings. The number of unbranched alkanes of at least 4 members (excludes halogenated alkanes) is 2. The summed E-state index contributed by atoms with van der Waals surface area (Å²) in [5, 5.41) is 0. The Labute approximate surface area is 117 Å². The van der Waals surface area contributed by atoms with Gasteiger partial charge in [-0.1, -0.05) is 42.5 Å². The predicted octanol–water partition coefficient (Wildman–Crippen LogP) is 4.74. The third-order valence-electron chi connectivity index (χ3n) is 2.58. The van der Waals surface area contributed by atoms with Crippen molar-refractivity contribution in [1.82, 2.24) is 0 Å². The summed E-state index contributed by atoms with van der Waals surface area (Å²) in [6.07, 6.45) is 21.3. The molecule has 2 heteroatoms. The van der Waals surface area contributed by atoms with Crippen LogP contribution in [0.1, 0.15) is 44.9 Å². The molecule has 0 heterocycles. The summed E-state index contributed by atoms with van der Waals surface area (Å²) in [6, 6.07) is 0. The monoisotopic (exact) mass is 262 g/mol. The molecule has 0 radical (unpaired) electrons. The van der Waals surface area contributed by atoms with Crippen LogP contribution >= 0.6 is 0 Å². The highest BCUT2D eigenvalue weighted by atomic mass is 16.5. The molecule has 2 nitrogen and oxygen atoms in total. The molecule has 106 valence electrons. The lowest BCUT2D eigenvalue weighted by atomic mass is 10.2. The molecule has 0 amide bonds. The van der Waals surface area contributed by atoms with E-state index in [1.165, 1.54) is 7.11 Å². The van der Waals surface area contributed by atoms with Crippen molar-refractivity contribution in [3.05, 3.63) is 49.1 Å². The van der Waals surface area contributed by atoms with Crippen LogP contribution in [0.3, 0.4) is 0 Å². The van der Waals surface area contributed by atoms with Gasteiger partial charge in [-0.15, -0.1) is 6.58 Å². The fourth-order valence-corrected chi connectivity index (χ4v) is 1.49. The minimum atomic E-state index is -0.114. The standard InChI is InChI=1S/C17H26O2/c1-3-4-5-6-7-8-9-10-11-12-13-14-15-16-17(18)19-2/h3,5-6,8-9,11-12H,1,4,7,10,13-16H2,2H3/b6-5-,9-8-,12-11-. The van der Waals surface area contributed by atoms with Crippen LogP contribution in [-0.4, -0.2) is 13.1 Å². The van der Waals surface area contributed by atoms with Crippen LogP contribution in [0.2, 0.25) is 0 Å². The number of hydrogen-bond donors (Lipinski definition) is 0. The van der Waals surface area contributed by atoms with Crippen LogP contribution in [0.25, 0.3) is 0 Å². The Morgan fingerprint density at radius 1 is 0.947 bits per heavy atom. The highest BCUT2D eigenvalue weighted by molar-refractivity contribution is 5.68. The summed E-state index contributed by atoms with van der Waals surface area (Å²) in [6.45, 7) is 3.66. The molecule has 0 aromatic heterocycles. The third-order valence-corrected chi connectivity index (χ3v) is 2.58. The Morgan fingerprint density at radius 2 is 1.53 bits per heavy atom. The molecular formula is C17H26O2. The largest absolute Gasteiger partial charge is 0.469 e. The lowest BCUT2D eigenvalue weighted by molar-refractivity contribution is -0.140. The van der Waals surface area contributed by atoms with Crippen LogP contribution in [0.5, 0.6) is 0 Å². The lowest BCUT2D eigenvalue weighted by Gasteiger charge is -1.96. The third kappa shape index (κ3) is 14.4. The maximum Gasteiger partial charge on any atom is 0.305 e. The molecule has 0 aliphatic carbocycles. The highest BCUT2D eigenvalue weighted by Crippen LogP contribution is 2.02. The van der Waals surface area contributed by atoms with Crippen LogP contribution in [0.15, 0.2) is 49.1 Å². The average molecular weight is 262 g/mol. The first-order chi connectivity index (χ1) is 9.31. The molecule has 0 aromatic rings. The van der Waals surface area contributed by atoms with E-state index in [-0.39, 0.29) is 5.97 Å². The second-order valence-corrected chi connectivity index (χ2v) is 4.23. The topological polar surface area (TPSA) is 26.3 Å². The minimum absolute atomic E-state index is 0.114. The molecule has 0 unspecified atom stereocenters. The highest BCUT2D eigenvalue weighted by Gasteiger charge is 1.97. The Hall–Kier alpha value is -1.57. The van der Waals surface area contributed by atoms with E-state index in [1.807, 2.05) is 6.08 Å². The van der Waals surface area contributed by atoms with Crippen molar-refractivity contribution >= 4 is 5.97 Å². The molecule has 0 bridgehead atoms. The van der Waals surface area contributed by atoms with Crippen LogP contribution in [0.4, 0.5) is 0 Å². The number of esters is 1. The number of methoxy groups -OCH3 is 1. The summed E-state index contributed by atoms with van der Waals surface area (Å²) in [5.74, 6) is -0.114. The van der Waals surface area contributed by atoms with Gasteiger partial charge in [0.05, 0.1) is 7.11 Å². The van der Waals surface area contributed by atoms with E-state index in [2.05, 4.69) is 47.8 Å². The lowest BCUT2D eigenvalue weighted by Crippen LogP contribution is -1.98. The number of carbonyl (C=O) groups excluding carboxylic acids is 1. The van der Waals surface area contributed by atoms with Crippen LogP contribution in [-0.2, 0) is 9.53 Å². The average Bonchev–Trinajstić information content (AvgIpc) is 2.43. The first kappa shape index (κ1) is 17.4. The van der Waals surface area contributed by atoms with Crippen molar-refractivity contribution in [2.24, 2.45) is 0 Å². The van der Waals surface area contributed by atoms with E-state index in [1.54, 1.807) is 0 Å². The fourth-order valence-electron chi connectivity index (χ4n) is 1.49. The summed E-state index contributed by atoms with van der Waals surface area (Å²) < 4.78 is 4.58. The Balaban J connectivity index is 3.36. The van der Waals surface area contributed by atoms with E-state index in [4.69, 9.17) is 0 Å². The zero-order valence-electron chi connectivity index (χ0n) is 12.0. The molecule has 0 saturated heterocycles. The molecule has 0 spiro atoms. The molecule has 0 N–H and O–H groups in total. The number of rotatable bonds is 11. The molecule has 0 saturated carbocycles. The Morgan fingerprint density at radius 3 is 2.11 bits per heavy atom. The van der Waals surface area contributed by atoms with Gasteiger partial charge in [0, 0.05) is 6.42 Å². The van der Waals surface area contributed by atoms with Crippen LogP contribution < -0.4 is 0 Å². The van der Waals surface area contributed by atoms with Crippen molar-refractivity contribution in [2.75, 3.05) is 7.11 Å². The molecule has 0 atom stereocenters. The van der Waals surface area contributed by atoms with Gasteiger partial charge in [0.2, 0.25) is 0 Å². The summed E-state index contributed by atoms with van der Waals surface area (Å²) in [5.41, 5.74) is 0. The second kappa shape index (κ2) is 14.5. The number of carbonyl (C=O) groups is 1. The smallest absolute Gasteiger partial charge is 0.305 e. The van der Waals surface area contributed by atoms with Gasteiger partial charge in [-0.05, 0) is 38.5 Å². The van der Waals surface area contributed by atoms with E-state index in [9.17, 15) is 4.79 Å². The van der Waals surface area contributed by atoms with Crippen molar-refractivity contribution in [3.63, 3.8) is 0 Å². The second-order valence-electron chi connectivity index (χ2n) is 4.23. The SMILES string of the molecule is C=CC/C=C\C/C=C\C/C=C\CCCCC(=O)OC. The summed E-state index contributed by atoms with van der Waals surface area (Å²) in [4.78, 5) is 10.9. The van der Waals surface area contributed by atoms with Gasteiger partial charge >= 0.3 is 5.97 Å². The molecule has 0 fully saturated rings. The van der Waals surface area contributed by atoms with Gasteiger partial charge in [0.1, 0.15) is 0 Å². The maximum atomic E-state index is 10.9. The van der Waals surface area contributed by atoms with Gasteiger partial charge in [-0.2, -0.15) is 0 Å². The first-order valence-electron chi connectivity index (χ1n) is 6.94. The Kier molecular flexibility index (Phi) is 13.3. The molecule has 0 aliphatic heterocycles. The van der Waals surface area contributed by atoms with Crippen molar-refractivity contribution in [3.8, 4) is 0 Å². The van der Waals surface area contributed by atoms with E-state index in [0.29, 0.717) is 6.42 Å².